The Morgan fingerprint density at radius 1 is 1.13 bits per heavy atom. The number of Topliss-reactive ketones (excluding diaryl/α,β-unsaturated/α-hetero) is 2. The molecule has 2 aromatic heterocycles. The summed E-state index contributed by atoms with van der Waals surface area (Å²) in [6.07, 6.45) is 4.43. The van der Waals surface area contributed by atoms with E-state index >= 15 is 0 Å². The lowest BCUT2D eigenvalue weighted by Crippen LogP contribution is -2.16. The van der Waals surface area contributed by atoms with E-state index < -0.39 is 5.76 Å². The quantitative estimate of drug-likeness (QED) is 0.238. The number of nitrogens with one attached hydrogen (secondary N) is 1. The predicted molar refractivity (Wildman–Crippen MR) is 153 cm³/mol. The van der Waals surface area contributed by atoms with Crippen molar-refractivity contribution >= 4 is 56.5 Å². The van der Waals surface area contributed by atoms with Gasteiger partial charge in [0.2, 0.25) is 5.91 Å². The molecule has 0 fully saturated rings. The largest absolute Gasteiger partial charge is 0.419 e. The summed E-state index contributed by atoms with van der Waals surface area (Å²) in [6.45, 7) is 1.54. The van der Waals surface area contributed by atoms with E-state index in [0.29, 0.717) is 57.4 Å². The van der Waals surface area contributed by atoms with E-state index in [-0.39, 0.29) is 17.5 Å². The third-order valence-electron chi connectivity index (χ3n) is 7.42. The minimum absolute atomic E-state index is 0.0124. The minimum atomic E-state index is -0.453. The second-order valence-corrected chi connectivity index (χ2v) is 11.7. The maximum absolute atomic E-state index is 12.9. The maximum atomic E-state index is 12.9. The van der Waals surface area contributed by atoms with Gasteiger partial charge in [-0.2, -0.15) is 0 Å². The lowest BCUT2D eigenvalue weighted by molar-refractivity contribution is -0.116. The van der Waals surface area contributed by atoms with Crippen molar-refractivity contribution in [2.24, 2.45) is 13.0 Å². The number of thiophene rings is 1. The van der Waals surface area contributed by atoms with E-state index in [0.717, 1.165) is 41.7 Å². The third-order valence-corrected chi connectivity index (χ3v) is 8.84. The number of aryl methyl sites for hydroxylation is 2. The lowest BCUT2D eigenvalue weighted by atomic mass is 9.83. The summed E-state index contributed by atoms with van der Waals surface area (Å²) in [7, 11) is 1.63. The van der Waals surface area contributed by atoms with Crippen LogP contribution >= 0.6 is 22.9 Å². The Balaban J connectivity index is 1.21. The molecule has 0 bridgehead atoms. The van der Waals surface area contributed by atoms with E-state index in [2.05, 4.69) is 5.32 Å². The van der Waals surface area contributed by atoms with Crippen LogP contribution in [0.4, 0.5) is 5.00 Å². The van der Waals surface area contributed by atoms with Crippen LogP contribution in [0.2, 0.25) is 5.02 Å². The van der Waals surface area contributed by atoms with Gasteiger partial charge in [0.25, 0.3) is 0 Å². The molecule has 0 saturated heterocycles. The molecule has 9 heteroatoms. The Labute approximate surface area is 234 Å². The molecule has 0 saturated carbocycles. The van der Waals surface area contributed by atoms with Crippen molar-refractivity contribution in [3.63, 3.8) is 0 Å². The molecule has 1 amide bonds. The van der Waals surface area contributed by atoms with E-state index in [1.54, 1.807) is 44.3 Å². The maximum Gasteiger partial charge on any atom is 0.419 e. The highest BCUT2D eigenvalue weighted by Gasteiger charge is 2.28. The molecule has 4 aromatic rings. The summed E-state index contributed by atoms with van der Waals surface area (Å²) in [6, 6.07) is 12.5. The molecule has 1 aliphatic rings. The summed E-state index contributed by atoms with van der Waals surface area (Å²) in [5, 5.41) is 4.27. The van der Waals surface area contributed by atoms with Gasteiger partial charge in [-0.3, -0.25) is 19.0 Å². The van der Waals surface area contributed by atoms with Crippen LogP contribution in [0, 0.1) is 5.92 Å². The number of hydrogen-bond acceptors (Lipinski definition) is 6. The van der Waals surface area contributed by atoms with E-state index in [4.69, 9.17) is 16.0 Å². The molecular formula is C30H29ClN2O5S. The van der Waals surface area contributed by atoms with Gasteiger partial charge in [0.15, 0.2) is 17.1 Å². The number of anilines is 1. The molecule has 1 aliphatic carbocycles. The molecule has 7 nitrogen and oxygen atoms in total. The van der Waals surface area contributed by atoms with Crippen LogP contribution in [0.5, 0.6) is 0 Å². The zero-order valence-electron chi connectivity index (χ0n) is 21.8. The summed E-state index contributed by atoms with van der Waals surface area (Å²) >= 11 is 7.42. The Hall–Kier alpha value is -3.49. The molecule has 2 heterocycles. The summed E-state index contributed by atoms with van der Waals surface area (Å²) < 4.78 is 6.63. The Morgan fingerprint density at radius 3 is 2.64 bits per heavy atom. The molecule has 2 aromatic carbocycles. The second kappa shape index (κ2) is 11.3. The number of hydrogen-bond donors (Lipinski definition) is 1. The summed E-state index contributed by atoms with van der Waals surface area (Å²) in [4.78, 5) is 51.0. The number of oxazole rings is 1. The average Bonchev–Trinajstić information content (AvgIpc) is 3.41. The van der Waals surface area contributed by atoms with Crippen molar-refractivity contribution < 1.29 is 18.8 Å². The lowest BCUT2D eigenvalue weighted by Gasteiger charge is -2.22. The fourth-order valence-corrected chi connectivity index (χ4v) is 6.80. The molecule has 0 aliphatic heterocycles. The van der Waals surface area contributed by atoms with Crippen LogP contribution in [-0.2, 0) is 31.1 Å². The van der Waals surface area contributed by atoms with Crippen LogP contribution in [0.1, 0.15) is 69.3 Å². The number of rotatable bonds is 9. The molecule has 0 radical (unpaired) electrons. The zero-order chi connectivity index (χ0) is 27.7. The van der Waals surface area contributed by atoms with Crippen molar-refractivity contribution in [1.29, 1.82) is 0 Å². The fourth-order valence-electron chi connectivity index (χ4n) is 5.25. The molecule has 1 atom stereocenters. The van der Waals surface area contributed by atoms with E-state index in [9.17, 15) is 19.2 Å². The number of ketones is 2. The number of aromatic nitrogens is 1. The topological polar surface area (TPSA) is 98.4 Å². The van der Waals surface area contributed by atoms with Gasteiger partial charge >= 0.3 is 5.76 Å². The van der Waals surface area contributed by atoms with Crippen molar-refractivity contribution in [3.05, 3.63) is 85.2 Å². The summed E-state index contributed by atoms with van der Waals surface area (Å²) in [5.74, 6) is -0.299. The van der Waals surface area contributed by atoms with Crippen LogP contribution in [0.25, 0.3) is 11.1 Å². The third kappa shape index (κ3) is 5.92. The molecule has 0 spiro atoms. The first-order valence-electron chi connectivity index (χ1n) is 13.0. The minimum Gasteiger partial charge on any atom is -0.408 e. The number of benzene rings is 2. The molecule has 1 N–H and O–H groups in total. The van der Waals surface area contributed by atoms with Gasteiger partial charge < -0.3 is 9.73 Å². The van der Waals surface area contributed by atoms with Gasteiger partial charge in [-0.1, -0.05) is 23.7 Å². The van der Waals surface area contributed by atoms with Gasteiger partial charge in [-0.15, -0.1) is 11.3 Å². The highest BCUT2D eigenvalue weighted by atomic mass is 35.5. The van der Waals surface area contributed by atoms with E-state index in [1.807, 2.05) is 12.1 Å². The van der Waals surface area contributed by atoms with Crippen LogP contribution in [-0.4, -0.2) is 22.0 Å². The van der Waals surface area contributed by atoms with Crippen molar-refractivity contribution in [2.45, 2.75) is 51.9 Å². The average molecular weight is 565 g/mol. The number of halogens is 1. The van der Waals surface area contributed by atoms with Crippen LogP contribution in [0.15, 0.2) is 51.7 Å². The number of amides is 1. The smallest absolute Gasteiger partial charge is 0.408 e. The number of carbonyl (C=O) groups is 3. The van der Waals surface area contributed by atoms with Crippen molar-refractivity contribution in [2.75, 3.05) is 5.32 Å². The standard InChI is InChI=1S/C30H29ClN2O5S/c1-17(34)28-22-11-5-19(6-13-24(35)20-8-12-23-25(16-20)38-30(37)33(23)2)15-26(22)39-29(28)32-27(36)14-7-18-3-9-21(31)10-4-18/h3-4,8-10,12,16,19H,5-7,11,13-15H2,1-2H3,(H,32,36). The fraction of sp³-hybridized carbons (Fsp3) is 0.333. The highest BCUT2D eigenvalue weighted by molar-refractivity contribution is 7.17. The Kier molecular flexibility index (Phi) is 7.86. The molecule has 39 heavy (non-hydrogen) atoms. The number of fused-ring (bicyclic) bond motifs is 2. The van der Waals surface area contributed by atoms with E-state index in [1.165, 1.54) is 15.9 Å². The van der Waals surface area contributed by atoms with Crippen LogP contribution < -0.4 is 11.1 Å². The van der Waals surface area contributed by atoms with Crippen molar-refractivity contribution in [3.8, 4) is 0 Å². The van der Waals surface area contributed by atoms with Gasteiger partial charge in [0.1, 0.15) is 5.00 Å². The first kappa shape index (κ1) is 27.1. The highest BCUT2D eigenvalue weighted by Crippen LogP contribution is 2.41. The molecule has 1 unspecified atom stereocenters. The molecule has 202 valence electrons. The normalized spacial score (nSPS) is 14.8. The van der Waals surface area contributed by atoms with Crippen molar-refractivity contribution in [1.82, 2.24) is 4.57 Å². The summed E-state index contributed by atoms with van der Waals surface area (Å²) in [5.41, 5.74) is 4.29. The monoisotopic (exact) mass is 564 g/mol. The number of nitrogens with zero attached hydrogens (tertiary/aromatic N) is 1. The van der Waals surface area contributed by atoms with Gasteiger partial charge in [0, 0.05) is 35.4 Å². The van der Waals surface area contributed by atoms with Gasteiger partial charge in [-0.25, -0.2) is 4.79 Å². The van der Waals surface area contributed by atoms with Crippen LogP contribution in [0.3, 0.4) is 0 Å². The predicted octanol–water partition coefficient (Wildman–Crippen LogP) is 6.39. The number of carbonyl (C=O) groups excluding carboxylic acids is 3. The van der Waals surface area contributed by atoms with Gasteiger partial charge in [0.05, 0.1) is 11.1 Å². The SMILES string of the molecule is CC(=O)c1c(NC(=O)CCc2ccc(Cl)cc2)sc2c1CCC(CCC(=O)c1ccc3c(c1)oc(=O)n3C)C2. The molecular weight excluding hydrogens is 536 g/mol. The van der Waals surface area contributed by atoms with Gasteiger partial charge in [-0.05, 0) is 86.4 Å². The zero-order valence-corrected chi connectivity index (χ0v) is 23.4. The Morgan fingerprint density at radius 2 is 1.90 bits per heavy atom. The second-order valence-electron chi connectivity index (χ2n) is 10.1. The molecule has 5 rings (SSSR count). The first-order valence-corrected chi connectivity index (χ1v) is 14.2. The first-order chi connectivity index (χ1) is 18.7. The Bertz CT molecular complexity index is 1630.